The lowest BCUT2D eigenvalue weighted by molar-refractivity contribution is 0.0696. The number of halogens is 1. The maximum absolute atomic E-state index is 10.9. The molecule has 1 aromatic heterocycles. The van der Waals surface area contributed by atoms with Crippen LogP contribution in [0.5, 0.6) is 5.75 Å². The molecule has 1 N–H and O–H groups in total. The molecule has 2 rings (SSSR count). The van der Waals surface area contributed by atoms with Gasteiger partial charge in [-0.1, -0.05) is 6.07 Å². The van der Waals surface area contributed by atoms with E-state index >= 15 is 0 Å². The van der Waals surface area contributed by atoms with Gasteiger partial charge in [0.2, 0.25) is 0 Å². The summed E-state index contributed by atoms with van der Waals surface area (Å²) in [4.78, 5) is 15.0. The summed E-state index contributed by atoms with van der Waals surface area (Å²) in [6, 6.07) is 10.4. The number of carbonyl (C=O) groups is 1. The minimum absolute atomic E-state index is 0.214. The second-order valence-corrected chi connectivity index (χ2v) is 4.72. The normalized spacial score (nSPS) is 10.1. The molecule has 0 amide bonds. The third-order valence-corrected chi connectivity index (χ3v) is 3.17. The maximum Gasteiger partial charge on any atom is 0.335 e. The Morgan fingerprint density at radius 1 is 1.33 bits per heavy atom. The Morgan fingerprint density at radius 3 is 2.83 bits per heavy atom. The summed E-state index contributed by atoms with van der Waals surface area (Å²) in [7, 11) is 0. The first kappa shape index (κ1) is 12.8. The maximum atomic E-state index is 10.9. The monoisotopic (exact) mass is 355 g/mol. The molecule has 18 heavy (non-hydrogen) atoms. The summed E-state index contributed by atoms with van der Waals surface area (Å²) >= 11 is 2.10. The predicted octanol–water partition coefficient (Wildman–Crippen LogP) is 2.96. The van der Waals surface area contributed by atoms with Crippen molar-refractivity contribution in [3.05, 3.63) is 57.4 Å². The number of hydrogen-bond donors (Lipinski definition) is 1. The lowest BCUT2D eigenvalue weighted by Crippen LogP contribution is -2.01. The highest BCUT2D eigenvalue weighted by Crippen LogP contribution is 2.23. The average molecular weight is 355 g/mol. The van der Waals surface area contributed by atoms with Crippen LogP contribution in [0.2, 0.25) is 0 Å². The second kappa shape index (κ2) is 5.81. The Bertz CT molecular complexity index is 557. The Morgan fingerprint density at radius 2 is 2.17 bits per heavy atom. The van der Waals surface area contributed by atoms with Crippen molar-refractivity contribution in [2.45, 2.75) is 6.61 Å². The van der Waals surface area contributed by atoms with Gasteiger partial charge in [-0.05, 0) is 52.9 Å². The quantitative estimate of drug-likeness (QED) is 0.857. The highest BCUT2D eigenvalue weighted by Gasteiger charge is 2.08. The molecule has 0 radical (unpaired) electrons. The van der Waals surface area contributed by atoms with Crippen molar-refractivity contribution in [3.8, 4) is 5.75 Å². The molecule has 92 valence electrons. The molecule has 0 saturated heterocycles. The van der Waals surface area contributed by atoms with Gasteiger partial charge in [-0.3, -0.25) is 4.98 Å². The number of benzene rings is 1. The van der Waals surface area contributed by atoms with Crippen molar-refractivity contribution >= 4 is 28.6 Å². The van der Waals surface area contributed by atoms with Crippen molar-refractivity contribution in [3.63, 3.8) is 0 Å². The molecule has 0 saturated carbocycles. The molecule has 1 aromatic carbocycles. The van der Waals surface area contributed by atoms with Gasteiger partial charge < -0.3 is 9.84 Å². The Hall–Kier alpha value is -1.63. The fourth-order valence-electron chi connectivity index (χ4n) is 1.38. The molecule has 2 aromatic rings. The van der Waals surface area contributed by atoms with Gasteiger partial charge in [-0.15, -0.1) is 0 Å². The number of carboxylic acids is 1. The van der Waals surface area contributed by atoms with Crippen molar-refractivity contribution < 1.29 is 14.6 Å². The van der Waals surface area contributed by atoms with Crippen LogP contribution in [0.1, 0.15) is 16.1 Å². The van der Waals surface area contributed by atoms with Gasteiger partial charge in [-0.2, -0.15) is 0 Å². The smallest absolute Gasteiger partial charge is 0.335 e. The Balaban J connectivity index is 2.14. The zero-order valence-electron chi connectivity index (χ0n) is 9.34. The molecule has 0 aliphatic rings. The zero-order chi connectivity index (χ0) is 13.0. The van der Waals surface area contributed by atoms with E-state index in [0.29, 0.717) is 12.4 Å². The van der Waals surface area contributed by atoms with Crippen LogP contribution in [-0.4, -0.2) is 16.1 Å². The van der Waals surface area contributed by atoms with Gasteiger partial charge in [0.05, 0.1) is 14.8 Å². The molecule has 0 aliphatic heterocycles. The molecular formula is C13H10INO3. The number of hydrogen-bond acceptors (Lipinski definition) is 3. The van der Waals surface area contributed by atoms with Crippen LogP contribution in [-0.2, 0) is 6.61 Å². The van der Waals surface area contributed by atoms with Crippen LogP contribution < -0.4 is 4.74 Å². The van der Waals surface area contributed by atoms with Crippen LogP contribution in [0.4, 0.5) is 0 Å². The molecule has 0 aliphatic carbocycles. The number of ether oxygens (including phenoxy) is 1. The van der Waals surface area contributed by atoms with Gasteiger partial charge in [0, 0.05) is 6.20 Å². The number of rotatable bonds is 4. The highest BCUT2D eigenvalue weighted by atomic mass is 127. The van der Waals surface area contributed by atoms with E-state index in [4.69, 9.17) is 9.84 Å². The molecule has 0 atom stereocenters. The minimum atomic E-state index is -0.964. The van der Waals surface area contributed by atoms with Gasteiger partial charge in [0.15, 0.2) is 0 Å². The topological polar surface area (TPSA) is 59.4 Å². The van der Waals surface area contributed by atoms with E-state index in [1.54, 1.807) is 18.3 Å². The van der Waals surface area contributed by atoms with E-state index in [9.17, 15) is 4.79 Å². The lowest BCUT2D eigenvalue weighted by Gasteiger charge is -2.08. The van der Waals surface area contributed by atoms with Crippen molar-refractivity contribution in [2.75, 3.05) is 0 Å². The molecule has 1 heterocycles. The Kier molecular flexibility index (Phi) is 4.14. The van der Waals surface area contributed by atoms with E-state index in [0.717, 1.165) is 9.26 Å². The number of aromatic carboxylic acids is 1. The third kappa shape index (κ3) is 3.19. The number of nitrogens with zero attached hydrogens (tertiary/aromatic N) is 1. The fourth-order valence-corrected chi connectivity index (χ4v) is 1.87. The molecule has 5 heteroatoms. The van der Waals surface area contributed by atoms with Gasteiger partial charge in [0.25, 0.3) is 0 Å². The number of carboxylic acid groups (broad SMARTS) is 1. The van der Waals surface area contributed by atoms with Crippen LogP contribution in [0.25, 0.3) is 0 Å². The molecule has 0 bridgehead atoms. The molecule has 0 unspecified atom stereocenters. The zero-order valence-corrected chi connectivity index (χ0v) is 11.5. The summed E-state index contributed by atoms with van der Waals surface area (Å²) in [5.74, 6) is -0.407. The molecule has 0 spiro atoms. The van der Waals surface area contributed by atoms with Crippen LogP contribution in [0, 0.1) is 3.57 Å². The summed E-state index contributed by atoms with van der Waals surface area (Å²) in [6.07, 6.45) is 1.69. The summed E-state index contributed by atoms with van der Waals surface area (Å²) < 4.78 is 6.45. The van der Waals surface area contributed by atoms with Crippen LogP contribution in [0.15, 0.2) is 42.6 Å². The van der Waals surface area contributed by atoms with Gasteiger partial charge in [-0.25, -0.2) is 4.79 Å². The highest BCUT2D eigenvalue weighted by molar-refractivity contribution is 14.1. The third-order valence-electron chi connectivity index (χ3n) is 2.28. The van der Waals surface area contributed by atoms with Crippen molar-refractivity contribution in [1.29, 1.82) is 0 Å². The summed E-state index contributed by atoms with van der Waals surface area (Å²) in [5.41, 5.74) is 1.01. The van der Waals surface area contributed by atoms with Crippen molar-refractivity contribution in [1.82, 2.24) is 4.98 Å². The molecular weight excluding hydrogens is 345 g/mol. The Labute approximate surface area is 118 Å². The van der Waals surface area contributed by atoms with E-state index in [-0.39, 0.29) is 5.56 Å². The van der Waals surface area contributed by atoms with E-state index in [1.165, 1.54) is 6.07 Å². The second-order valence-electron chi connectivity index (χ2n) is 3.56. The molecule has 0 fully saturated rings. The first-order valence-corrected chi connectivity index (χ1v) is 6.30. The van der Waals surface area contributed by atoms with E-state index in [2.05, 4.69) is 27.6 Å². The van der Waals surface area contributed by atoms with Crippen molar-refractivity contribution in [2.24, 2.45) is 0 Å². The van der Waals surface area contributed by atoms with Crippen LogP contribution in [0.3, 0.4) is 0 Å². The van der Waals surface area contributed by atoms with E-state index < -0.39 is 5.97 Å². The summed E-state index contributed by atoms with van der Waals surface area (Å²) in [6.45, 7) is 0.319. The first-order chi connectivity index (χ1) is 8.66. The number of pyridine rings is 1. The predicted molar refractivity (Wildman–Crippen MR) is 74.7 cm³/mol. The minimum Gasteiger partial charge on any atom is -0.486 e. The summed E-state index contributed by atoms with van der Waals surface area (Å²) in [5, 5.41) is 8.92. The average Bonchev–Trinajstić information content (AvgIpc) is 2.38. The largest absolute Gasteiger partial charge is 0.486 e. The standard InChI is InChI=1S/C13H10INO3/c14-11-5-4-9(13(16)17)7-12(11)18-8-10-3-1-2-6-15-10/h1-7H,8H2,(H,16,17). The van der Waals surface area contributed by atoms with Gasteiger partial charge in [0.1, 0.15) is 12.4 Å². The van der Waals surface area contributed by atoms with Gasteiger partial charge >= 0.3 is 5.97 Å². The SMILES string of the molecule is O=C(O)c1ccc(I)c(OCc2ccccn2)c1. The number of aromatic nitrogens is 1. The fraction of sp³-hybridized carbons (Fsp3) is 0.0769. The van der Waals surface area contributed by atoms with E-state index in [1.807, 2.05) is 18.2 Å². The lowest BCUT2D eigenvalue weighted by atomic mass is 10.2. The first-order valence-electron chi connectivity index (χ1n) is 5.22. The molecule has 4 nitrogen and oxygen atoms in total. The van der Waals surface area contributed by atoms with Crippen LogP contribution >= 0.6 is 22.6 Å².